The number of hydrogen-bond acceptors (Lipinski definition) is 5. The number of aliphatic carboxylic acids is 1. The maximum absolute atomic E-state index is 10.6. The van der Waals surface area contributed by atoms with Crippen LogP contribution in [0.3, 0.4) is 0 Å². The van der Waals surface area contributed by atoms with Crippen molar-refractivity contribution in [2.75, 3.05) is 18.5 Å². The normalized spacial score (nSPS) is 10.2. The third-order valence-corrected chi connectivity index (χ3v) is 2.59. The van der Waals surface area contributed by atoms with E-state index in [1.165, 1.54) is 0 Å². The van der Waals surface area contributed by atoms with Gasteiger partial charge >= 0.3 is 5.97 Å². The molecule has 0 aliphatic heterocycles. The maximum atomic E-state index is 10.6. The van der Waals surface area contributed by atoms with Crippen molar-refractivity contribution in [1.29, 1.82) is 0 Å². The molecule has 0 bridgehead atoms. The largest absolute Gasteiger partial charge is 0.481 e. The topological polar surface area (TPSA) is 79.2 Å². The summed E-state index contributed by atoms with van der Waals surface area (Å²) in [5.41, 5.74) is 0.691. The van der Waals surface area contributed by atoms with Crippen molar-refractivity contribution in [3.8, 4) is 11.5 Å². The van der Waals surface area contributed by atoms with Gasteiger partial charge in [0.1, 0.15) is 11.5 Å². The van der Waals surface area contributed by atoms with Crippen LogP contribution in [-0.2, 0) is 4.79 Å². The van der Waals surface area contributed by atoms with Crippen LogP contribution in [0.5, 0.6) is 0 Å². The van der Waals surface area contributed by atoms with Gasteiger partial charge in [-0.05, 0) is 18.2 Å². The predicted molar refractivity (Wildman–Crippen MR) is 70.8 cm³/mol. The number of carboxylic acids is 1. The van der Waals surface area contributed by atoms with E-state index in [1.54, 1.807) is 30.4 Å². The first-order chi connectivity index (χ1) is 9.16. The van der Waals surface area contributed by atoms with Gasteiger partial charge in [-0.2, -0.15) is 0 Å². The molecule has 0 saturated heterocycles. The van der Waals surface area contributed by atoms with Crippen molar-refractivity contribution < 1.29 is 9.90 Å². The minimum absolute atomic E-state index is 0.0689. The highest BCUT2D eigenvalue weighted by atomic mass is 16.4. The molecule has 2 aromatic rings. The van der Waals surface area contributed by atoms with Crippen LogP contribution in [0.1, 0.15) is 6.42 Å². The van der Waals surface area contributed by atoms with E-state index in [-0.39, 0.29) is 6.42 Å². The molecule has 0 radical (unpaired) electrons. The van der Waals surface area contributed by atoms with Crippen LogP contribution in [0.25, 0.3) is 11.5 Å². The zero-order chi connectivity index (χ0) is 13.7. The molecule has 2 heterocycles. The lowest BCUT2D eigenvalue weighted by molar-refractivity contribution is -0.136. The lowest BCUT2D eigenvalue weighted by Gasteiger charge is -2.17. The minimum atomic E-state index is -0.828. The van der Waals surface area contributed by atoms with E-state index in [4.69, 9.17) is 5.11 Å². The number of nitrogens with zero attached hydrogens (tertiary/aromatic N) is 4. The molecule has 2 aromatic heterocycles. The van der Waals surface area contributed by atoms with Crippen molar-refractivity contribution in [3.63, 3.8) is 0 Å². The van der Waals surface area contributed by atoms with Gasteiger partial charge in [0.2, 0.25) is 0 Å². The standard InChI is InChI=1S/C13H14N4O2/c1-17(9-6-12(18)19)11-5-8-15-13(16-11)10-4-2-3-7-14-10/h2-5,7-8H,6,9H2,1H3,(H,18,19). The van der Waals surface area contributed by atoms with Gasteiger partial charge in [0, 0.05) is 26.0 Å². The van der Waals surface area contributed by atoms with Gasteiger partial charge in [0.25, 0.3) is 0 Å². The molecule has 1 N–H and O–H groups in total. The van der Waals surface area contributed by atoms with Crippen LogP contribution in [0.4, 0.5) is 5.82 Å². The molecule has 98 valence electrons. The second-order valence-electron chi connectivity index (χ2n) is 4.02. The van der Waals surface area contributed by atoms with Gasteiger partial charge < -0.3 is 10.0 Å². The average molecular weight is 258 g/mol. The first-order valence-electron chi connectivity index (χ1n) is 5.84. The Labute approximate surface area is 110 Å². The molecule has 0 fully saturated rings. The maximum Gasteiger partial charge on any atom is 0.305 e. The molecule has 0 aliphatic rings. The summed E-state index contributed by atoms with van der Waals surface area (Å²) in [4.78, 5) is 25.1. The molecule has 0 amide bonds. The molecule has 0 aliphatic carbocycles. The summed E-state index contributed by atoms with van der Waals surface area (Å²) in [5, 5.41) is 8.67. The van der Waals surface area contributed by atoms with Crippen LogP contribution >= 0.6 is 0 Å². The Hall–Kier alpha value is -2.50. The van der Waals surface area contributed by atoms with Gasteiger partial charge in [0.15, 0.2) is 5.82 Å². The number of rotatable bonds is 5. The fourth-order valence-electron chi connectivity index (χ4n) is 1.56. The zero-order valence-corrected chi connectivity index (χ0v) is 10.5. The molecule has 0 aromatic carbocycles. The highest BCUT2D eigenvalue weighted by Crippen LogP contribution is 2.15. The Morgan fingerprint density at radius 1 is 1.26 bits per heavy atom. The molecule has 0 atom stereocenters. The van der Waals surface area contributed by atoms with Crippen molar-refractivity contribution in [2.45, 2.75) is 6.42 Å². The SMILES string of the molecule is CN(CCC(=O)O)c1ccnc(-c2ccccn2)n1. The minimum Gasteiger partial charge on any atom is -0.481 e. The number of aromatic nitrogens is 3. The first kappa shape index (κ1) is 12.9. The molecule has 0 unspecified atom stereocenters. The Morgan fingerprint density at radius 3 is 2.79 bits per heavy atom. The number of anilines is 1. The molecular formula is C13H14N4O2. The summed E-state index contributed by atoms with van der Waals surface area (Å²) in [7, 11) is 1.80. The van der Waals surface area contributed by atoms with Gasteiger partial charge in [-0.15, -0.1) is 0 Å². The van der Waals surface area contributed by atoms with Gasteiger partial charge in [-0.25, -0.2) is 9.97 Å². The van der Waals surface area contributed by atoms with Crippen molar-refractivity contribution in [3.05, 3.63) is 36.7 Å². The summed E-state index contributed by atoms with van der Waals surface area (Å²) in [6.45, 7) is 0.397. The van der Waals surface area contributed by atoms with E-state index in [1.807, 2.05) is 18.2 Å². The number of hydrogen-bond donors (Lipinski definition) is 1. The summed E-state index contributed by atoms with van der Waals surface area (Å²) in [5.74, 6) is 0.378. The van der Waals surface area contributed by atoms with Crippen molar-refractivity contribution >= 4 is 11.8 Å². The Morgan fingerprint density at radius 2 is 2.11 bits per heavy atom. The molecule has 0 saturated carbocycles. The molecule has 0 spiro atoms. The number of pyridine rings is 1. The highest BCUT2D eigenvalue weighted by molar-refractivity contribution is 5.67. The fourth-order valence-corrected chi connectivity index (χ4v) is 1.56. The molecular weight excluding hydrogens is 244 g/mol. The molecule has 19 heavy (non-hydrogen) atoms. The predicted octanol–water partition coefficient (Wildman–Crippen LogP) is 1.45. The summed E-state index contributed by atoms with van der Waals surface area (Å²) < 4.78 is 0. The Balaban J connectivity index is 2.17. The van der Waals surface area contributed by atoms with E-state index >= 15 is 0 Å². The fraction of sp³-hybridized carbons (Fsp3) is 0.231. The van der Waals surface area contributed by atoms with Crippen LogP contribution < -0.4 is 4.90 Å². The van der Waals surface area contributed by atoms with Crippen molar-refractivity contribution in [1.82, 2.24) is 15.0 Å². The Kier molecular flexibility index (Phi) is 4.02. The average Bonchev–Trinajstić information content (AvgIpc) is 2.46. The zero-order valence-electron chi connectivity index (χ0n) is 10.5. The van der Waals surface area contributed by atoms with Gasteiger partial charge in [0.05, 0.1) is 6.42 Å². The van der Waals surface area contributed by atoms with E-state index in [0.29, 0.717) is 23.9 Å². The van der Waals surface area contributed by atoms with Crippen LogP contribution in [0, 0.1) is 0 Å². The summed E-state index contributed by atoms with van der Waals surface area (Å²) >= 11 is 0. The van der Waals surface area contributed by atoms with E-state index in [9.17, 15) is 4.79 Å². The van der Waals surface area contributed by atoms with Crippen LogP contribution in [0.2, 0.25) is 0 Å². The van der Waals surface area contributed by atoms with E-state index < -0.39 is 5.97 Å². The van der Waals surface area contributed by atoms with E-state index in [0.717, 1.165) is 0 Å². The van der Waals surface area contributed by atoms with Gasteiger partial charge in [-0.3, -0.25) is 9.78 Å². The molecule has 6 heteroatoms. The Bertz CT molecular complexity index is 560. The smallest absolute Gasteiger partial charge is 0.305 e. The van der Waals surface area contributed by atoms with Crippen molar-refractivity contribution in [2.24, 2.45) is 0 Å². The molecule has 6 nitrogen and oxygen atoms in total. The monoisotopic (exact) mass is 258 g/mol. The first-order valence-corrected chi connectivity index (χ1v) is 5.84. The second-order valence-corrected chi connectivity index (χ2v) is 4.02. The number of carboxylic acid groups (broad SMARTS) is 1. The quantitative estimate of drug-likeness (QED) is 0.874. The van der Waals surface area contributed by atoms with E-state index in [2.05, 4.69) is 15.0 Å². The summed E-state index contributed by atoms with van der Waals surface area (Å²) in [6, 6.07) is 7.27. The second kappa shape index (κ2) is 5.90. The third kappa shape index (κ3) is 3.48. The molecule has 2 rings (SSSR count). The van der Waals surface area contributed by atoms with Gasteiger partial charge in [-0.1, -0.05) is 6.07 Å². The highest BCUT2D eigenvalue weighted by Gasteiger charge is 2.08. The summed E-state index contributed by atoms with van der Waals surface area (Å²) in [6.07, 6.45) is 3.39. The lowest BCUT2D eigenvalue weighted by atomic mass is 10.3. The third-order valence-electron chi connectivity index (χ3n) is 2.59. The number of carbonyl (C=O) groups is 1. The lowest BCUT2D eigenvalue weighted by Crippen LogP contribution is -2.22. The van der Waals surface area contributed by atoms with Crippen LogP contribution in [-0.4, -0.2) is 39.6 Å². The van der Waals surface area contributed by atoms with Crippen LogP contribution in [0.15, 0.2) is 36.7 Å².